The van der Waals surface area contributed by atoms with Crippen LogP contribution in [0.4, 0.5) is 0 Å². The van der Waals surface area contributed by atoms with Crippen molar-refractivity contribution >= 4 is 79.1 Å². The van der Waals surface area contributed by atoms with Crippen LogP contribution in [0.2, 0.25) is 0 Å². The van der Waals surface area contributed by atoms with Crippen LogP contribution < -0.4 is 11.2 Å². The maximum atomic E-state index is 11.6. The van der Waals surface area contributed by atoms with E-state index in [1.165, 1.54) is 7.11 Å². The van der Waals surface area contributed by atoms with Gasteiger partial charge in [0.15, 0.2) is 0 Å². The van der Waals surface area contributed by atoms with Gasteiger partial charge in [-0.3, -0.25) is 34.7 Å². The van der Waals surface area contributed by atoms with Gasteiger partial charge in [0, 0.05) is 73.0 Å². The van der Waals surface area contributed by atoms with Crippen molar-refractivity contribution in [3.05, 3.63) is 264 Å². The topological polar surface area (TPSA) is 224 Å². The SMILES string of the molecule is COC(=O)c1ccc2nccc(Br)c2c1.Cc1cccc(-c2ccccc2-c2ccnc3ccc(C(=O)O)cc23)n1.Cc1cccc(-c2ccccc2-c2ccnc3ccc(C(N)=O)cc23)n1.Cc1cccc(-c2ccccc2B(O)O)n1.[CH3-]. The molecule has 6 aromatic heterocycles. The van der Waals surface area contributed by atoms with Gasteiger partial charge >= 0.3 is 19.1 Å². The van der Waals surface area contributed by atoms with Crippen LogP contribution in [0.3, 0.4) is 0 Å². The van der Waals surface area contributed by atoms with Crippen molar-refractivity contribution in [3.8, 4) is 56.0 Å². The number of hydrogen-bond acceptors (Lipinski definition) is 12. The van der Waals surface area contributed by atoms with Crippen LogP contribution in [0.5, 0.6) is 0 Å². The lowest BCUT2D eigenvalue weighted by Crippen LogP contribution is -2.31. The lowest BCUT2D eigenvalue weighted by atomic mass is 9.76. The van der Waals surface area contributed by atoms with Crippen LogP contribution in [0, 0.1) is 28.2 Å². The first-order valence-corrected chi connectivity index (χ1v) is 26.9. The molecule has 416 valence electrons. The third-order valence-electron chi connectivity index (χ3n) is 13.3. The number of fused-ring (bicyclic) bond motifs is 3. The molecule has 12 aromatic rings. The number of nitrogens with zero attached hydrogens (tertiary/aromatic N) is 6. The Morgan fingerprint density at radius 3 is 1.30 bits per heavy atom. The number of ether oxygens (including phenoxy) is 1. The largest absolute Gasteiger partial charge is 0.489 e. The number of rotatable bonds is 9. The zero-order valence-electron chi connectivity index (χ0n) is 46.5. The summed E-state index contributed by atoms with van der Waals surface area (Å²) in [5, 5.41) is 30.5. The Hall–Kier alpha value is -10.1. The lowest BCUT2D eigenvalue weighted by Gasteiger charge is -2.12. The number of amides is 1. The van der Waals surface area contributed by atoms with Gasteiger partial charge < -0.3 is 33.1 Å². The van der Waals surface area contributed by atoms with Crippen LogP contribution in [-0.4, -0.2) is 77.1 Å². The van der Waals surface area contributed by atoms with Gasteiger partial charge in [0.25, 0.3) is 0 Å². The molecule has 0 atom stereocenters. The number of aromatic carboxylic acids is 1. The predicted molar refractivity (Wildman–Crippen MR) is 337 cm³/mol. The molecule has 0 aliphatic heterocycles. The fraction of sp³-hybridized carbons (Fsp3) is 0.0588. The predicted octanol–water partition coefficient (Wildman–Crippen LogP) is 13.3. The number of carboxylic acid groups (broad SMARTS) is 1. The van der Waals surface area contributed by atoms with Crippen LogP contribution in [0.15, 0.2) is 223 Å². The van der Waals surface area contributed by atoms with Gasteiger partial charge in [0.1, 0.15) is 0 Å². The number of carbonyl (C=O) groups excluding carboxylic acids is 2. The Morgan fingerprint density at radius 1 is 0.452 bits per heavy atom. The summed E-state index contributed by atoms with van der Waals surface area (Å²) in [6, 6.07) is 62.2. The van der Waals surface area contributed by atoms with Crippen LogP contribution >= 0.6 is 15.9 Å². The highest BCUT2D eigenvalue weighted by molar-refractivity contribution is 9.10. The number of aryl methyl sites for hydroxylation is 3. The Morgan fingerprint density at radius 2 is 0.845 bits per heavy atom. The molecule has 0 saturated heterocycles. The number of carboxylic acids is 1. The molecule has 0 spiro atoms. The zero-order chi connectivity index (χ0) is 58.6. The second-order valence-corrected chi connectivity index (χ2v) is 19.8. The quantitative estimate of drug-likeness (QED) is 0.0600. The van der Waals surface area contributed by atoms with E-state index in [-0.39, 0.29) is 19.0 Å². The van der Waals surface area contributed by atoms with E-state index in [0.29, 0.717) is 16.6 Å². The molecule has 16 heteroatoms. The number of benzene rings is 6. The Balaban J connectivity index is 0.000000150. The molecule has 6 heterocycles. The highest BCUT2D eigenvalue weighted by Gasteiger charge is 2.18. The molecule has 0 bridgehead atoms. The number of nitrogens with two attached hydrogens (primary N) is 1. The van der Waals surface area contributed by atoms with E-state index < -0.39 is 19.0 Å². The maximum absolute atomic E-state index is 11.6. The summed E-state index contributed by atoms with van der Waals surface area (Å²) in [6.45, 7) is 5.85. The van der Waals surface area contributed by atoms with E-state index in [9.17, 15) is 29.5 Å². The highest BCUT2D eigenvalue weighted by Crippen LogP contribution is 2.37. The van der Waals surface area contributed by atoms with Crippen molar-refractivity contribution in [2.24, 2.45) is 5.73 Å². The minimum absolute atomic E-state index is 0. The smallest absolute Gasteiger partial charge is 0.478 e. The van der Waals surface area contributed by atoms with Crippen LogP contribution in [0.1, 0.15) is 48.2 Å². The molecular formula is C68H56BBrN7O7-. The summed E-state index contributed by atoms with van der Waals surface area (Å²) >= 11 is 3.41. The van der Waals surface area contributed by atoms with Crippen molar-refractivity contribution in [2.45, 2.75) is 20.8 Å². The van der Waals surface area contributed by atoms with Crippen molar-refractivity contribution in [1.82, 2.24) is 29.9 Å². The number of aromatic nitrogens is 6. The molecule has 0 unspecified atom stereocenters. The average Bonchev–Trinajstić information content (AvgIpc) is 2.32. The maximum Gasteiger partial charge on any atom is 0.489 e. The molecule has 84 heavy (non-hydrogen) atoms. The summed E-state index contributed by atoms with van der Waals surface area (Å²) in [4.78, 5) is 61.0. The molecule has 0 radical (unpaired) electrons. The standard InChI is InChI=1S/C22H17N3O.C22H16N2O2.C12H12BNO2.C11H8BrNO2.CH3/c1-14-5-4-8-21(25-14)18-7-3-2-6-16(18)17-11-12-24-20-10-9-15(22(23)26)13-19(17)20;1-14-5-4-8-21(24-14)18-7-3-2-6-16(18)17-11-12-23-20-10-9-15(22(25)26)13-19(17)20;1-9-5-4-8-12(14-9)10-6-2-3-7-11(10)13(15)16;1-15-11(14)7-2-3-10-8(6-7)9(12)4-5-13-10;/h2-13H,1H3,(H2,23,26);2-13H,1H3,(H,25,26);2-8,15-16H,1H3;2-6H,1H3;1H3/q;;;;-1. The minimum Gasteiger partial charge on any atom is -0.478 e. The third kappa shape index (κ3) is 14.1. The van der Waals surface area contributed by atoms with E-state index in [1.54, 1.807) is 79.3 Å². The molecule has 0 fully saturated rings. The minimum atomic E-state index is -1.47. The first-order valence-electron chi connectivity index (χ1n) is 26.1. The van der Waals surface area contributed by atoms with Gasteiger partial charge in [-0.05, 0) is 163 Å². The van der Waals surface area contributed by atoms with Crippen LogP contribution in [0.25, 0.3) is 88.7 Å². The molecule has 0 aliphatic carbocycles. The van der Waals surface area contributed by atoms with Crippen molar-refractivity contribution in [1.29, 1.82) is 0 Å². The molecule has 0 saturated carbocycles. The second kappa shape index (κ2) is 27.6. The summed E-state index contributed by atoms with van der Waals surface area (Å²) in [5.41, 5.74) is 21.8. The third-order valence-corrected chi connectivity index (χ3v) is 14.0. The Labute approximate surface area is 494 Å². The molecule has 14 nitrogen and oxygen atoms in total. The van der Waals surface area contributed by atoms with Gasteiger partial charge in [-0.2, -0.15) is 0 Å². The van der Waals surface area contributed by atoms with E-state index >= 15 is 0 Å². The molecule has 6 aromatic carbocycles. The first-order chi connectivity index (χ1) is 40.2. The number of methoxy groups -OCH3 is 1. The van der Waals surface area contributed by atoms with Gasteiger partial charge in [-0.15, -0.1) is 0 Å². The number of hydrogen-bond donors (Lipinski definition) is 4. The van der Waals surface area contributed by atoms with Gasteiger partial charge in [-0.25, -0.2) is 9.59 Å². The molecular weight excluding hydrogens is 1120 g/mol. The Bertz CT molecular complexity index is 4190. The molecule has 1 amide bonds. The van der Waals surface area contributed by atoms with E-state index in [1.807, 2.05) is 148 Å². The molecule has 0 aliphatic rings. The van der Waals surface area contributed by atoms with Crippen molar-refractivity contribution < 1.29 is 34.3 Å². The van der Waals surface area contributed by atoms with E-state index in [2.05, 4.69) is 62.7 Å². The molecule has 12 rings (SSSR count). The number of pyridine rings is 6. The second-order valence-electron chi connectivity index (χ2n) is 18.9. The van der Waals surface area contributed by atoms with Crippen LogP contribution in [-0.2, 0) is 4.74 Å². The van der Waals surface area contributed by atoms with Gasteiger partial charge in [-0.1, -0.05) is 107 Å². The first kappa shape index (κ1) is 60.0. The van der Waals surface area contributed by atoms with E-state index in [0.717, 1.165) is 110 Å². The highest BCUT2D eigenvalue weighted by atomic mass is 79.9. The molecule has 5 N–H and O–H groups in total. The van der Waals surface area contributed by atoms with Crippen molar-refractivity contribution in [3.63, 3.8) is 0 Å². The number of halogens is 1. The number of esters is 1. The van der Waals surface area contributed by atoms with E-state index in [4.69, 9.17) is 5.73 Å². The fourth-order valence-corrected chi connectivity index (χ4v) is 9.76. The fourth-order valence-electron chi connectivity index (χ4n) is 9.32. The summed E-state index contributed by atoms with van der Waals surface area (Å²) in [5.74, 6) is -1.74. The lowest BCUT2D eigenvalue weighted by molar-refractivity contribution is 0.0599. The zero-order valence-corrected chi connectivity index (χ0v) is 48.1. The number of primary amides is 1. The number of carbonyl (C=O) groups is 3. The summed E-state index contributed by atoms with van der Waals surface area (Å²) in [6.07, 6.45) is 5.24. The summed E-state index contributed by atoms with van der Waals surface area (Å²) in [7, 11) is -0.108. The average molecular weight is 1170 g/mol. The van der Waals surface area contributed by atoms with Gasteiger partial charge in [0.05, 0.1) is 51.9 Å². The van der Waals surface area contributed by atoms with Gasteiger partial charge in [0.2, 0.25) is 5.91 Å². The summed E-state index contributed by atoms with van der Waals surface area (Å²) < 4.78 is 5.57. The monoisotopic (exact) mass is 1170 g/mol. The van der Waals surface area contributed by atoms with Crippen molar-refractivity contribution in [2.75, 3.05) is 7.11 Å². The normalized spacial score (nSPS) is 10.5. The Kier molecular flexibility index (Phi) is 19.7.